The normalized spacial score (nSPS) is 10.5. The molecule has 0 aliphatic carbocycles. The lowest BCUT2D eigenvalue weighted by Gasteiger charge is -2.05. The fraction of sp³-hybridized carbons (Fsp3) is 0.143. The maximum absolute atomic E-state index is 5.76. The van der Waals surface area contributed by atoms with Crippen LogP contribution in [0.25, 0.3) is 0 Å². The van der Waals surface area contributed by atoms with Gasteiger partial charge in [0.2, 0.25) is 0 Å². The molecule has 0 unspecified atom stereocenters. The van der Waals surface area contributed by atoms with Crippen molar-refractivity contribution in [1.82, 2.24) is 0 Å². The Morgan fingerprint density at radius 1 is 1.27 bits per heavy atom. The van der Waals surface area contributed by atoms with E-state index < -0.39 is 6.63 Å². The van der Waals surface area contributed by atoms with E-state index in [4.69, 9.17) is 28.2 Å². The first-order valence-electron chi connectivity index (χ1n) is 3.15. The highest BCUT2D eigenvalue weighted by Crippen LogP contribution is 2.45. The molecule has 0 saturated carbocycles. The van der Waals surface area contributed by atoms with E-state index in [1.54, 1.807) is 0 Å². The standard InChI is InChI=1S/C7H8Cl2NP/c8-11(9)7-4-2-1-3-6(7)5-10/h1-4H,5,10H2. The minimum absolute atomic E-state index is 0.494. The molecule has 1 nitrogen and oxygen atoms in total. The lowest BCUT2D eigenvalue weighted by Crippen LogP contribution is -2.08. The maximum atomic E-state index is 5.76. The first-order valence-corrected chi connectivity index (χ1v) is 6.30. The highest BCUT2D eigenvalue weighted by Gasteiger charge is 2.06. The van der Waals surface area contributed by atoms with Crippen molar-refractivity contribution in [2.45, 2.75) is 6.54 Å². The number of benzene rings is 1. The van der Waals surface area contributed by atoms with Gasteiger partial charge in [-0.25, -0.2) is 0 Å². The molecule has 0 radical (unpaired) electrons. The van der Waals surface area contributed by atoms with Crippen LogP contribution >= 0.6 is 29.1 Å². The molecule has 2 N–H and O–H groups in total. The SMILES string of the molecule is NCc1ccccc1P(Cl)Cl. The van der Waals surface area contributed by atoms with E-state index in [9.17, 15) is 0 Å². The van der Waals surface area contributed by atoms with Gasteiger partial charge in [0.1, 0.15) is 6.63 Å². The zero-order valence-corrected chi connectivity index (χ0v) is 8.20. The molecule has 0 fully saturated rings. The first kappa shape index (κ1) is 9.28. The molecule has 4 heteroatoms. The molecule has 0 spiro atoms. The molecule has 0 amide bonds. The zero-order chi connectivity index (χ0) is 8.27. The van der Waals surface area contributed by atoms with Gasteiger partial charge in [0.05, 0.1) is 0 Å². The molecule has 1 aromatic carbocycles. The van der Waals surface area contributed by atoms with Crippen molar-refractivity contribution >= 4 is 34.4 Å². The summed E-state index contributed by atoms with van der Waals surface area (Å²) in [6, 6.07) is 7.69. The van der Waals surface area contributed by atoms with Crippen LogP contribution in [0, 0.1) is 0 Å². The van der Waals surface area contributed by atoms with Crippen molar-refractivity contribution in [3.63, 3.8) is 0 Å². The largest absolute Gasteiger partial charge is 0.326 e. The third-order valence-electron chi connectivity index (χ3n) is 1.39. The number of hydrogen-bond donors (Lipinski definition) is 1. The van der Waals surface area contributed by atoms with Crippen LogP contribution in [0.2, 0.25) is 0 Å². The van der Waals surface area contributed by atoms with E-state index >= 15 is 0 Å². The van der Waals surface area contributed by atoms with Gasteiger partial charge in [-0.1, -0.05) is 46.7 Å². The summed E-state index contributed by atoms with van der Waals surface area (Å²) in [7, 11) is 0. The van der Waals surface area contributed by atoms with Crippen molar-refractivity contribution in [2.75, 3.05) is 0 Å². The van der Waals surface area contributed by atoms with Crippen molar-refractivity contribution in [1.29, 1.82) is 0 Å². The zero-order valence-electron chi connectivity index (χ0n) is 5.80. The number of halogens is 2. The lowest BCUT2D eigenvalue weighted by atomic mass is 10.2. The molecule has 0 aliphatic rings. The van der Waals surface area contributed by atoms with Gasteiger partial charge in [-0.15, -0.1) is 0 Å². The van der Waals surface area contributed by atoms with Crippen molar-refractivity contribution in [2.24, 2.45) is 5.73 Å². The number of rotatable bonds is 2. The maximum Gasteiger partial charge on any atom is 0.117 e. The highest BCUT2D eigenvalue weighted by molar-refractivity contribution is 8.08. The summed E-state index contributed by atoms with van der Waals surface area (Å²) in [5.74, 6) is 0. The second kappa shape index (κ2) is 4.27. The summed E-state index contributed by atoms with van der Waals surface area (Å²) in [6.07, 6.45) is 0. The van der Waals surface area contributed by atoms with Gasteiger partial charge in [-0.05, 0) is 5.56 Å². The van der Waals surface area contributed by atoms with Crippen molar-refractivity contribution < 1.29 is 0 Å². The minimum atomic E-state index is -1.06. The minimum Gasteiger partial charge on any atom is -0.326 e. The van der Waals surface area contributed by atoms with Crippen LogP contribution < -0.4 is 11.0 Å². The number of hydrogen-bond acceptors (Lipinski definition) is 1. The fourth-order valence-electron chi connectivity index (χ4n) is 0.848. The Kier molecular flexibility index (Phi) is 3.61. The summed E-state index contributed by atoms with van der Waals surface area (Å²) < 4.78 is 0. The molecule has 0 saturated heterocycles. The van der Waals surface area contributed by atoms with E-state index in [1.807, 2.05) is 24.3 Å². The van der Waals surface area contributed by atoms with E-state index in [2.05, 4.69) is 0 Å². The second-order valence-electron chi connectivity index (χ2n) is 2.07. The second-order valence-corrected chi connectivity index (χ2v) is 5.56. The molecule has 1 rings (SSSR count). The Hall–Kier alpha value is 0.190. The van der Waals surface area contributed by atoms with Crippen LogP contribution in [0.15, 0.2) is 24.3 Å². The van der Waals surface area contributed by atoms with E-state index in [1.165, 1.54) is 0 Å². The molecular formula is C7H8Cl2NP. The average Bonchev–Trinajstić information content (AvgIpc) is 2.04. The quantitative estimate of drug-likeness (QED) is 0.742. The lowest BCUT2D eigenvalue weighted by molar-refractivity contribution is 1.08. The Morgan fingerprint density at radius 2 is 1.91 bits per heavy atom. The van der Waals surface area contributed by atoms with E-state index in [-0.39, 0.29) is 0 Å². The van der Waals surface area contributed by atoms with Gasteiger partial charge in [-0.3, -0.25) is 0 Å². The molecule has 1 aromatic rings. The molecule has 11 heavy (non-hydrogen) atoms. The van der Waals surface area contributed by atoms with Gasteiger partial charge < -0.3 is 5.73 Å². The summed E-state index contributed by atoms with van der Waals surface area (Å²) in [6.45, 7) is -0.563. The Bertz CT molecular complexity index is 240. The summed E-state index contributed by atoms with van der Waals surface area (Å²) in [5, 5.41) is 0.966. The first-order chi connectivity index (χ1) is 5.25. The smallest absolute Gasteiger partial charge is 0.117 e. The molecule has 0 aromatic heterocycles. The predicted octanol–water partition coefficient (Wildman–Crippen LogP) is 2.56. The molecule has 0 aliphatic heterocycles. The van der Waals surface area contributed by atoms with Crippen molar-refractivity contribution in [3.05, 3.63) is 29.8 Å². The number of nitrogens with two attached hydrogens (primary N) is 1. The third kappa shape index (κ3) is 2.31. The monoisotopic (exact) mass is 207 g/mol. The van der Waals surface area contributed by atoms with E-state index in [0.29, 0.717) is 6.54 Å². The van der Waals surface area contributed by atoms with Crippen LogP contribution in [0.4, 0.5) is 0 Å². The summed E-state index contributed by atoms with van der Waals surface area (Å²) >= 11 is 11.5. The van der Waals surface area contributed by atoms with Gasteiger partial charge in [0, 0.05) is 11.8 Å². The Morgan fingerprint density at radius 3 is 2.36 bits per heavy atom. The van der Waals surface area contributed by atoms with E-state index in [0.717, 1.165) is 10.9 Å². The molecule has 0 bridgehead atoms. The van der Waals surface area contributed by atoms with Gasteiger partial charge in [0.25, 0.3) is 0 Å². The molecule has 60 valence electrons. The highest BCUT2D eigenvalue weighted by atomic mass is 35.9. The van der Waals surface area contributed by atoms with Crippen LogP contribution in [-0.4, -0.2) is 0 Å². The topological polar surface area (TPSA) is 26.0 Å². The fourth-order valence-corrected chi connectivity index (χ4v) is 2.42. The van der Waals surface area contributed by atoms with Crippen LogP contribution in [0.3, 0.4) is 0 Å². The third-order valence-corrected chi connectivity index (χ3v) is 3.29. The van der Waals surface area contributed by atoms with Crippen LogP contribution in [0.1, 0.15) is 5.56 Å². The summed E-state index contributed by atoms with van der Waals surface area (Å²) in [5.41, 5.74) is 6.51. The van der Waals surface area contributed by atoms with Crippen LogP contribution in [0.5, 0.6) is 0 Å². The predicted molar refractivity (Wildman–Crippen MR) is 52.6 cm³/mol. The molecule has 0 atom stereocenters. The van der Waals surface area contributed by atoms with Gasteiger partial charge >= 0.3 is 0 Å². The van der Waals surface area contributed by atoms with Gasteiger partial charge in [0.15, 0.2) is 0 Å². The Labute approximate surface area is 76.8 Å². The molecule has 0 heterocycles. The Balaban J connectivity index is 3.02. The summed E-state index contributed by atoms with van der Waals surface area (Å²) in [4.78, 5) is 0. The molecular weight excluding hydrogens is 200 g/mol. The van der Waals surface area contributed by atoms with Crippen molar-refractivity contribution in [3.8, 4) is 0 Å². The average molecular weight is 208 g/mol. The van der Waals surface area contributed by atoms with Gasteiger partial charge in [-0.2, -0.15) is 0 Å². The van der Waals surface area contributed by atoms with Crippen LogP contribution in [-0.2, 0) is 6.54 Å².